The largest absolute Gasteiger partial charge is 0.321 e. The fraction of sp³-hybridized carbons (Fsp3) is 0.0526. The van der Waals surface area contributed by atoms with Crippen LogP contribution in [0.4, 0.5) is 5.69 Å². The van der Waals surface area contributed by atoms with Crippen LogP contribution in [0, 0.1) is 6.92 Å². The minimum Gasteiger partial charge on any atom is -0.321 e. The number of nitrogens with one attached hydrogen (secondary N) is 1. The van der Waals surface area contributed by atoms with Crippen molar-refractivity contribution in [3.05, 3.63) is 76.4 Å². The third-order valence-electron chi connectivity index (χ3n) is 3.46. The first-order valence-electron chi connectivity index (χ1n) is 7.22. The molecular formula is C19H15BrN2O. The predicted molar refractivity (Wildman–Crippen MR) is 98.3 cm³/mol. The standard InChI is InChI=1S/C19H15BrN2O/c1-13-7-9-17(16(20)12-13)22-18(23)10-8-15-5-2-4-14-6-3-11-21-19(14)15/h2-12H,1H3,(H,22,23)/b10-8+. The van der Waals surface area contributed by atoms with E-state index in [1.165, 1.54) is 6.08 Å². The SMILES string of the molecule is Cc1ccc(NC(=O)/C=C/c2cccc3cccnc23)c(Br)c1. The van der Waals surface area contributed by atoms with Crippen molar-refractivity contribution in [2.75, 3.05) is 5.32 Å². The van der Waals surface area contributed by atoms with E-state index in [2.05, 4.69) is 26.2 Å². The Kier molecular flexibility index (Phi) is 4.53. The van der Waals surface area contributed by atoms with Crippen LogP contribution in [0.15, 0.2) is 65.3 Å². The number of fused-ring (bicyclic) bond motifs is 1. The molecule has 0 saturated heterocycles. The average Bonchev–Trinajstić information content (AvgIpc) is 2.55. The van der Waals surface area contributed by atoms with Crippen molar-refractivity contribution in [3.8, 4) is 0 Å². The number of anilines is 1. The van der Waals surface area contributed by atoms with Gasteiger partial charge in [-0.2, -0.15) is 0 Å². The maximum absolute atomic E-state index is 12.1. The smallest absolute Gasteiger partial charge is 0.248 e. The Balaban J connectivity index is 1.80. The van der Waals surface area contributed by atoms with Crippen LogP contribution in [0.2, 0.25) is 0 Å². The third-order valence-corrected chi connectivity index (χ3v) is 4.12. The normalized spacial score (nSPS) is 11.0. The molecule has 1 aromatic heterocycles. The fourth-order valence-corrected chi connectivity index (χ4v) is 2.92. The van der Waals surface area contributed by atoms with E-state index in [0.717, 1.165) is 32.2 Å². The van der Waals surface area contributed by atoms with Crippen molar-refractivity contribution in [3.63, 3.8) is 0 Å². The summed E-state index contributed by atoms with van der Waals surface area (Å²) in [4.78, 5) is 16.5. The van der Waals surface area contributed by atoms with Gasteiger partial charge >= 0.3 is 0 Å². The van der Waals surface area contributed by atoms with Gasteiger partial charge in [-0.1, -0.05) is 30.3 Å². The Morgan fingerprint density at radius 2 is 2.00 bits per heavy atom. The Morgan fingerprint density at radius 1 is 1.17 bits per heavy atom. The molecule has 4 heteroatoms. The number of rotatable bonds is 3. The van der Waals surface area contributed by atoms with Gasteiger partial charge in [0.25, 0.3) is 0 Å². The van der Waals surface area contributed by atoms with E-state index in [1.54, 1.807) is 12.3 Å². The number of halogens is 1. The van der Waals surface area contributed by atoms with Crippen molar-refractivity contribution < 1.29 is 4.79 Å². The summed E-state index contributed by atoms with van der Waals surface area (Å²) in [6.07, 6.45) is 5.06. The monoisotopic (exact) mass is 366 g/mol. The number of pyridine rings is 1. The molecule has 0 unspecified atom stereocenters. The molecule has 0 aliphatic carbocycles. The van der Waals surface area contributed by atoms with Gasteiger partial charge in [-0.25, -0.2) is 0 Å². The third kappa shape index (κ3) is 3.66. The Labute approximate surface area is 143 Å². The van der Waals surface area contributed by atoms with E-state index in [1.807, 2.05) is 55.5 Å². The first-order valence-corrected chi connectivity index (χ1v) is 8.02. The van der Waals surface area contributed by atoms with Crippen molar-refractivity contribution in [2.24, 2.45) is 0 Å². The molecule has 3 rings (SSSR count). The van der Waals surface area contributed by atoms with Gasteiger partial charge in [-0.3, -0.25) is 9.78 Å². The summed E-state index contributed by atoms with van der Waals surface area (Å²) in [5.41, 5.74) is 3.69. The summed E-state index contributed by atoms with van der Waals surface area (Å²) in [7, 11) is 0. The van der Waals surface area contributed by atoms with Crippen molar-refractivity contribution in [2.45, 2.75) is 6.92 Å². The molecule has 0 fully saturated rings. The van der Waals surface area contributed by atoms with Crippen LogP contribution >= 0.6 is 15.9 Å². The van der Waals surface area contributed by atoms with Gasteiger partial charge < -0.3 is 5.32 Å². The van der Waals surface area contributed by atoms with Gasteiger partial charge in [0.15, 0.2) is 0 Å². The van der Waals surface area contributed by atoms with Crippen LogP contribution in [0.3, 0.4) is 0 Å². The number of benzene rings is 2. The molecule has 0 spiro atoms. The number of aromatic nitrogens is 1. The first kappa shape index (κ1) is 15.4. The molecule has 1 amide bonds. The molecule has 0 bridgehead atoms. The minimum atomic E-state index is -0.178. The van der Waals surface area contributed by atoms with E-state index in [0.29, 0.717) is 0 Å². The van der Waals surface area contributed by atoms with E-state index in [-0.39, 0.29) is 5.91 Å². The number of para-hydroxylation sites is 1. The molecule has 1 N–H and O–H groups in total. The van der Waals surface area contributed by atoms with Gasteiger partial charge in [0.1, 0.15) is 0 Å². The van der Waals surface area contributed by atoms with E-state index in [4.69, 9.17) is 0 Å². The van der Waals surface area contributed by atoms with Crippen LogP contribution in [-0.4, -0.2) is 10.9 Å². The number of carbonyl (C=O) groups excluding carboxylic acids is 1. The van der Waals surface area contributed by atoms with Crippen molar-refractivity contribution in [1.82, 2.24) is 4.98 Å². The highest BCUT2D eigenvalue weighted by Gasteiger charge is 2.04. The van der Waals surface area contributed by atoms with E-state index >= 15 is 0 Å². The second kappa shape index (κ2) is 6.75. The summed E-state index contributed by atoms with van der Waals surface area (Å²) >= 11 is 3.46. The molecule has 0 radical (unpaired) electrons. The highest BCUT2D eigenvalue weighted by molar-refractivity contribution is 9.10. The van der Waals surface area contributed by atoms with Gasteiger partial charge in [-0.05, 0) is 52.7 Å². The number of hydrogen-bond donors (Lipinski definition) is 1. The lowest BCUT2D eigenvalue weighted by atomic mass is 10.1. The highest BCUT2D eigenvalue weighted by Crippen LogP contribution is 2.23. The van der Waals surface area contributed by atoms with Crippen LogP contribution < -0.4 is 5.32 Å². The number of hydrogen-bond acceptors (Lipinski definition) is 2. The number of aryl methyl sites for hydroxylation is 1. The molecule has 0 saturated carbocycles. The Hall–Kier alpha value is -2.46. The first-order chi connectivity index (χ1) is 11.1. The maximum atomic E-state index is 12.1. The summed E-state index contributed by atoms with van der Waals surface area (Å²) in [6.45, 7) is 2.00. The predicted octanol–water partition coefficient (Wildman–Crippen LogP) is 4.96. The van der Waals surface area contributed by atoms with E-state index in [9.17, 15) is 4.79 Å². The topological polar surface area (TPSA) is 42.0 Å². The molecule has 0 aliphatic rings. The van der Waals surface area contributed by atoms with Crippen molar-refractivity contribution in [1.29, 1.82) is 0 Å². The molecule has 0 atom stereocenters. The molecule has 114 valence electrons. The van der Waals surface area contributed by atoms with Crippen LogP contribution in [0.5, 0.6) is 0 Å². The molecule has 23 heavy (non-hydrogen) atoms. The number of amides is 1. The Morgan fingerprint density at radius 3 is 2.83 bits per heavy atom. The maximum Gasteiger partial charge on any atom is 0.248 e. The molecule has 3 aromatic rings. The van der Waals surface area contributed by atoms with Gasteiger partial charge in [0.2, 0.25) is 5.91 Å². The second-order valence-corrected chi connectivity index (χ2v) is 6.08. The van der Waals surface area contributed by atoms with E-state index < -0.39 is 0 Å². The second-order valence-electron chi connectivity index (χ2n) is 5.23. The van der Waals surface area contributed by atoms with Gasteiger partial charge in [0.05, 0.1) is 11.2 Å². The Bertz CT molecular complexity index is 898. The summed E-state index contributed by atoms with van der Waals surface area (Å²) < 4.78 is 0.867. The molecule has 2 aromatic carbocycles. The lowest BCUT2D eigenvalue weighted by molar-refractivity contribution is -0.111. The number of nitrogens with zero attached hydrogens (tertiary/aromatic N) is 1. The minimum absolute atomic E-state index is 0.178. The van der Waals surface area contributed by atoms with Gasteiger partial charge in [0, 0.05) is 27.7 Å². The van der Waals surface area contributed by atoms with Crippen LogP contribution in [0.1, 0.15) is 11.1 Å². The molecule has 0 aliphatic heterocycles. The zero-order chi connectivity index (χ0) is 16.2. The molecular weight excluding hydrogens is 352 g/mol. The van der Waals surface area contributed by atoms with Crippen molar-refractivity contribution >= 4 is 44.5 Å². The fourth-order valence-electron chi connectivity index (χ4n) is 2.32. The zero-order valence-corrected chi connectivity index (χ0v) is 14.2. The summed E-state index contributed by atoms with van der Waals surface area (Å²) in [5.74, 6) is -0.178. The average molecular weight is 367 g/mol. The van der Waals surface area contributed by atoms with Crippen LogP contribution in [0.25, 0.3) is 17.0 Å². The quantitative estimate of drug-likeness (QED) is 0.665. The molecule has 3 nitrogen and oxygen atoms in total. The lowest BCUT2D eigenvalue weighted by Crippen LogP contribution is -2.08. The van der Waals surface area contributed by atoms with Gasteiger partial charge in [-0.15, -0.1) is 0 Å². The lowest BCUT2D eigenvalue weighted by Gasteiger charge is -2.06. The highest BCUT2D eigenvalue weighted by atomic mass is 79.9. The number of carbonyl (C=O) groups is 1. The van der Waals surface area contributed by atoms with Crippen LogP contribution in [-0.2, 0) is 4.79 Å². The zero-order valence-electron chi connectivity index (χ0n) is 12.6. The molecule has 1 heterocycles. The summed E-state index contributed by atoms with van der Waals surface area (Å²) in [6, 6.07) is 15.6. The summed E-state index contributed by atoms with van der Waals surface area (Å²) in [5, 5.41) is 3.91.